The number of likely N-dealkylation sites (N-methyl/N-ethyl adjacent to an activating group) is 1. The van der Waals surface area contributed by atoms with Crippen LogP contribution < -0.4 is 5.32 Å². The highest BCUT2D eigenvalue weighted by molar-refractivity contribution is 5.21. The molecule has 0 spiro atoms. The number of halogens is 2. The van der Waals surface area contributed by atoms with E-state index in [0.717, 1.165) is 18.1 Å². The molecule has 0 radical (unpaired) electrons. The maximum absolute atomic E-state index is 13.6. The van der Waals surface area contributed by atoms with Gasteiger partial charge in [-0.05, 0) is 61.3 Å². The Morgan fingerprint density at radius 1 is 1.11 bits per heavy atom. The summed E-state index contributed by atoms with van der Waals surface area (Å²) >= 11 is 0. The van der Waals surface area contributed by atoms with Crippen molar-refractivity contribution in [1.82, 2.24) is 10.3 Å². The maximum Gasteiger partial charge on any atom is 0.126 e. The lowest BCUT2D eigenvalue weighted by Crippen LogP contribution is -2.30. The quantitative estimate of drug-likeness (QED) is 0.896. The minimum Gasteiger partial charge on any atom is -0.316 e. The predicted molar refractivity (Wildman–Crippen MR) is 70.9 cm³/mol. The highest BCUT2D eigenvalue weighted by Crippen LogP contribution is 2.14. The zero-order chi connectivity index (χ0) is 13.7. The molecule has 0 aliphatic heterocycles. The number of hydrogen-bond donors (Lipinski definition) is 1. The van der Waals surface area contributed by atoms with Crippen molar-refractivity contribution in [3.63, 3.8) is 0 Å². The average Bonchev–Trinajstić information content (AvgIpc) is 2.43. The largest absolute Gasteiger partial charge is 0.316 e. The van der Waals surface area contributed by atoms with Crippen molar-refractivity contribution in [3.05, 3.63) is 65.5 Å². The molecule has 19 heavy (non-hydrogen) atoms. The Hall–Kier alpha value is -1.81. The summed E-state index contributed by atoms with van der Waals surface area (Å²) in [5.41, 5.74) is 1.51. The first-order chi connectivity index (χ1) is 9.19. The van der Waals surface area contributed by atoms with Gasteiger partial charge >= 0.3 is 0 Å². The van der Waals surface area contributed by atoms with Gasteiger partial charge in [-0.2, -0.15) is 0 Å². The van der Waals surface area contributed by atoms with Gasteiger partial charge in [0.25, 0.3) is 0 Å². The van der Waals surface area contributed by atoms with Crippen LogP contribution >= 0.6 is 0 Å². The van der Waals surface area contributed by atoms with E-state index in [1.165, 1.54) is 12.1 Å². The zero-order valence-corrected chi connectivity index (χ0v) is 10.7. The highest BCUT2D eigenvalue weighted by atomic mass is 19.1. The van der Waals surface area contributed by atoms with E-state index in [-0.39, 0.29) is 11.9 Å². The molecule has 1 aromatic heterocycles. The van der Waals surface area contributed by atoms with Crippen LogP contribution in [0.2, 0.25) is 0 Å². The molecule has 100 valence electrons. The standard InChI is InChI=1S/C15H16F2N2/c1-18-14(8-11-4-6-19-7-5-11)10-12-9-13(16)2-3-15(12)17/h2-7,9,14,18H,8,10H2,1H3. The van der Waals surface area contributed by atoms with Crippen molar-refractivity contribution in [2.75, 3.05) is 7.05 Å². The number of nitrogens with zero attached hydrogens (tertiary/aromatic N) is 1. The fraction of sp³-hybridized carbons (Fsp3) is 0.267. The zero-order valence-electron chi connectivity index (χ0n) is 10.7. The van der Waals surface area contributed by atoms with E-state index in [2.05, 4.69) is 10.3 Å². The summed E-state index contributed by atoms with van der Waals surface area (Å²) in [4.78, 5) is 3.96. The predicted octanol–water partition coefficient (Wildman–Crippen LogP) is 2.73. The second-order valence-corrected chi connectivity index (χ2v) is 4.49. The van der Waals surface area contributed by atoms with Gasteiger partial charge in [-0.3, -0.25) is 4.98 Å². The second kappa shape index (κ2) is 6.38. The van der Waals surface area contributed by atoms with Crippen molar-refractivity contribution >= 4 is 0 Å². The molecule has 1 heterocycles. The summed E-state index contributed by atoms with van der Waals surface area (Å²) in [6.45, 7) is 0. The fourth-order valence-electron chi connectivity index (χ4n) is 2.04. The van der Waals surface area contributed by atoms with Crippen molar-refractivity contribution in [2.45, 2.75) is 18.9 Å². The van der Waals surface area contributed by atoms with Gasteiger partial charge in [0.05, 0.1) is 0 Å². The van der Waals surface area contributed by atoms with Crippen molar-refractivity contribution < 1.29 is 8.78 Å². The van der Waals surface area contributed by atoms with Crippen LogP contribution in [-0.2, 0) is 12.8 Å². The molecular weight excluding hydrogens is 246 g/mol. The lowest BCUT2D eigenvalue weighted by atomic mass is 9.99. The Morgan fingerprint density at radius 3 is 2.53 bits per heavy atom. The van der Waals surface area contributed by atoms with Crippen LogP contribution in [0.4, 0.5) is 8.78 Å². The molecule has 0 aliphatic carbocycles. The SMILES string of the molecule is CNC(Cc1ccncc1)Cc1cc(F)ccc1F. The van der Waals surface area contributed by atoms with Crippen molar-refractivity contribution in [3.8, 4) is 0 Å². The van der Waals surface area contributed by atoms with Gasteiger partial charge in [0.1, 0.15) is 11.6 Å². The van der Waals surface area contributed by atoms with E-state index in [9.17, 15) is 8.78 Å². The van der Waals surface area contributed by atoms with Crippen molar-refractivity contribution in [1.29, 1.82) is 0 Å². The van der Waals surface area contributed by atoms with Crippen LogP contribution in [0.3, 0.4) is 0 Å². The summed E-state index contributed by atoms with van der Waals surface area (Å²) in [5.74, 6) is -0.772. The van der Waals surface area contributed by atoms with Gasteiger partial charge in [0.15, 0.2) is 0 Å². The minimum absolute atomic E-state index is 0.0544. The van der Waals surface area contributed by atoms with E-state index in [1.54, 1.807) is 12.4 Å². The van der Waals surface area contributed by atoms with Gasteiger partial charge in [-0.25, -0.2) is 8.78 Å². The number of aromatic nitrogens is 1. The Morgan fingerprint density at radius 2 is 1.84 bits per heavy atom. The van der Waals surface area contributed by atoms with Gasteiger partial charge in [-0.1, -0.05) is 0 Å². The summed E-state index contributed by atoms with van der Waals surface area (Å²) in [6.07, 6.45) is 4.65. The molecule has 4 heteroatoms. The van der Waals surface area contributed by atoms with E-state index >= 15 is 0 Å². The lowest BCUT2D eigenvalue weighted by molar-refractivity contribution is 0.525. The van der Waals surface area contributed by atoms with E-state index in [1.807, 2.05) is 19.2 Å². The number of benzene rings is 1. The van der Waals surface area contributed by atoms with Gasteiger partial charge in [0.2, 0.25) is 0 Å². The molecule has 0 fully saturated rings. The summed E-state index contributed by atoms with van der Waals surface area (Å²) < 4.78 is 26.7. The highest BCUT2D eigenvalue weighted by Gasteiger charge is 2.12. The average molecular weight is 262 g/mol. The van der Waals surface area contributed by atoms with Gasteiger partial charge in [0, 0.05) is 18.4 Å². The Balaban J connectivity index is 2.09. The van der Waals surface area contributed by atoms with Crippen molar-refractivity contribution in [2.24, 2.45) is 0 Å². The van der Waals surface area contributed by atoms with E-state index < -0.39 is 5.82 Å². The molecule has 0 saturated heterocycles. The molecule has 2 aromatic rings. The fourth-order valence-corrected chi connectivity index (χ4v) is 2.04. The summed E-state index contributed by atoms with van der Waals surface area (Å²) in [5, 5.41) is 3.14. The molecule has 1 atom stereocenters. The monoisotopic (exact) mass is 262 g/mol. The van der Waals surface area contributed by atoms with E-state index in [4.69, 9.17) is 0 Å². The minimum atomic E-state index is -0.407. The topological polar surface area (TPSA) is 24.9 Å². The van der Waals surface area contributed by atoms with Gasteiger partial charge in [-0.15, -0.1) is 0 Å². The molecule has 2 nitrogen and oxygen atoms in total. The Bertz CT molecular complexity index is 529. The Labute approximate surface area is 111 Å². The second-order valence-electron chi connectivity index (χ2n) is 4.49. The van der Waals surface area contributed by atoms with E-state index in [0.29, 0.717) is 12.0 Å². The van der Waals surface area contributed by atoms with Gasteiger partial charge < -0.3 is 5.32 Å². The number of rotatable bonds is 5. The molecule has 1 aromatic carbocycles. The van der Waals surface area contributed by atoms with Crippen LogP contribution in [0.5, 0.6) is 0 Å². The third-order valence-electron chi connectivity index (χ3n) is 3.11. The van der Waals surface area contributed by atoms with Crippen LogP contribution in [0.1, 0.15) is 11.1 Å². The first-order valence-corrected chi connectivity index (χ1v) is 6.19. The molecule has 1 unspecified atom stereocenters. The molecule has 0 bridgehead atoms. The number of hydrogen-bond acceptors (Lipinski definition) is 2. The molecule has 0 amide bonds. The molecule has 0 aliphatic rings. The number of pyridine rings is 1. The molecule has 2 rings (SSSR count). The number of nitrogens with one attached hydrogen (secondary N) is 1. The first-order valence-electron chi connectivity index (χ1n) is 6.19. The molecule has 1 N–H and O–H groups in total. The Kier molecular flexibility index (Phi) is 4.58. The lowest BCUT2D eigenvalue weighted by Gasteiger charge is -2.16. The van der Waals surface area contributed by atoms with Crippen LogP contribution in [0, 0.1) is 11.6 Å². The summed E-state index contributed by atoms with van der Waals surface area (Å²) in [7, 11) is 1.82. The smallest absolute Gasteiger partial charge is 0.126 e. The molecular formula is C15H16F2N2. The normalized spacial score (nSPS) is 12.4. The summed E-state index contributed by atoms with van der Waals surface area (Å²) in [6, 6.07) is 7.46. The molecule has 0 saturated carbocycles. The van der Waals surface area contributed by atoms with Crippen LogP contribution in [-0.4, -0.2) is 18.1 Å². The van der Waals surface area contributed by atoms with Crippen LogP contribution in [0.25, 0.3) is 0 Å². The van der Waals surface area contributed by atoms with Crippen LogP contribution in [0.15, 0.2) is 42.7 Å². The first kappa shape index (κ1) is 13.6. The third kappa shape index (κ3) is 3.83. The third-order valence-corrected chi connectivity index (χ3v) is 3.11. The maximum atomic E-state index is 13.6.